The second-order valence-corrected chi connectivity index (χ2v) is 13.7. The van der Waals surface area contributed by atoms with Crippen LogP contribution in [0.5, 0.6) is 0 Å². The summed E-state index contributed by atoms with van der Waals surface area (Å²) in [7, 11) is -3.71. The molecule has 0 saturated heterocycles. The highest BCUT2D eigenvalue weighted by Gasteiger charge is 2.24. The van der Waals surface area contributed by atoms with E-state index < -0.39 is 33.3 Å². The van der Waals surface area contributed by atoms with Crippen molar-refractivity contribution in [2.45, 2.75) is 58.4 Å². The van der Waals surface area contributed by atoms with E-state index in [4.69, 9.17) is 13.3 Å². The largest absolute Gasteiger partial charge is 0.478 e. The number of carboxylic acid groups (broad SMARTS) is 1. The molecule has 0 aromatic rings. The van der Waals surface area contributed by atoms with E-state index in [2.05, 4.69) is 33.1 Å². The molecule has 0 amide bonds. The predicted molar refractivity (Wildman–Crippen MR) is 87.1 cm³/mol. The molecule has 1 N–H and O–H groups in total. The number of allylic oxidation sites excluding steroid dienone is 1. The van der Waals surface area contributed by atoms with Crippen LogP contribution in [0.3, 0.4) is 0 Å². The fourth-order valence-electron chi connectivity index (χ4n) is 1.62. The lowest BCUT2D eigenvalue weighted by Crippen LogP contribution is -2.35. The van der Waals surface area contributed by atoms with Crippen LogP contribution in [-0.2, 0) is 13.0 Å². The van der Waals surface area contributed by atoms with Gasteiger partial charge in [-0.3, -0.25) is 0 Å². The summed E-state index contributed by atoms with van der Waals surface area (Å²) >= 11 is 0. The van der Waals surface area contributed by atoms with Crippen molar-refractivity contribution in [1.82, 2.24) is 0 Å². The smallest absolute Gasteiger partial charge is 0.330 e. The van der Waals surface area contributed by atoms with Gasteiger partial charge in [-0.15, -0.1) is 0 Å². The lowest BCUT2D eigenvalue weighted by atomic mass is 10.2. The maximum atomic E-state index is 10.7. The van der Waals surface area contributed by atoms with Crippen LogP contribution >= 0.6 is 0 Å². The maximum Gasteiger partial charge on any atom is 0.330 e. The van der Waals surface area contributed by atoms with Gasteiger partial charge in [0, 0.05) is 5.57 Å². The Labute approximate surface area is 122 Å². The number of carboxylic acids is 1. The third-order valence-electron chi connectivity index (χ3n) is 2.69. The summed E-state index contributed by atoms with van der Waals surface area (Å²) in [4.78, 5) is 10.7. The average molecular weight is 321 g/mol. The maximum absolute atomic E-state index is 10.7. The van der Waals surface area contributed by atoms with Crippen molar-refractivity contribution < 1.29 is 18.1 Å². The van der Waals surface area contributed by atoms with Crippen LogP contribution in [0.25, 0.3) is 0 Å². The molecule has 0 heterocycles. The van der Waals surface area contributed by atoms with E-state index >= 15 is 0 Å². The Morgan fingerprint density at radius 3 is 2.05 bits per heavy atom. The number of carbonyl (C=O) groups is 1. The Morgan fingerprint density at radius 1 is 1.21 bits per heavy atom. The van der Waals surface area contributed by atoms with Crippen LogP contribution < -0.4 is 0 Å². The molecule has 0 aromatic heterocycles. The quantitative estimate of drug-likeness (QED) is 0.523. The van der Waals surface area contributed by atoms with E-state index in [1.807, 2.05) is 0 Å². The third-order valence-corrected chi connectivity index (χ3v) is 10.5. The molecular formula is C12H28O4Si3. The second-order valence-electron chi connectivity index (χ2n) is 5.48. The van der Waals surface area contributed by atoms with Crippen molar-refractivity contribution >= 4 is 33.3 Å². The van der Waals surface area contributed by atoms with E-state index in [0.29, 0.717) is 11.1 Å². The lowest BCUT2D eigenvalue weighted by Gasteiger charge is -2.26. The molecular weight excluding hydrogens is 292 g/mol. The average Bonchev–Trinajstić information content (AvgIpc) is 2.26. The molecule has 19 heavy (non-hydrogen) atoms. The third kappa shape index (κ3) is 9.33. The Bertz CT molecular complexity index is 295. The van der Waals surface area contributed by atoms with Crippen molar-refractivity contribution in [3.05, 3.63) is 11.6 Å². The van der Waals surface area contributed by atoms with Gasteiger partial charge in [0.15, 0.2) is 18.1 Å². The van der Waals surface area contributed by atoms with Gasteiger partial charge < -0.3 is 13.3 Å². The zero-order valence-electron chi connectivity index (χ0n) is 13.0. The van der Waals surface area contributed by atoms with E-state index in [-0.39, 0.29) is 0 Å². The van der Waals surface area contributed by atoms with Gasteiger partial charge in [0.25, 0.3) is 0 Å². The van der Waals surface area contributed by atoms with E-state index in [0.717, 1.165) is 12.8 Å². The molecule has 1 unspecified atom stereocenters. The van der Waals surface area contributed by atoms with Crippen LogP contribution in [-0.4, -0.2) is 38.4 Å². The van der Waals surface area contributed by atoms with Gasteiger partial charge in [-0.25, -0.2) is 4.79 Å². The molecule has 0 aliphatic rings. The molecule has 0 saturated carbocycles. The Morgan fingerprint density at radius 2 is 1.68 bits per heavy atom. The van der Waals surface area contributed by atoms with Gasteiger partial charge in [-0.05, 0) is 51.5 Å². The van der Waals surface area contributed by atoms with E-state index in [9.17, 15) is 4.79 Å². The first kappa shape index (κ1) is 18.8. The predicted octanol–water partition coefficient (Wildman–Crippen LogP) is 2.41. The van der Waals surface area contributed by atoms with Gasteiger partial charge in [-0.1, -0.05) is 13.0 Å². The fourth-order valence-corrected chi connectivity index (χ4v) is 9.36. The minimum Gasteiger partial charge on any atom is -0.478 e. The van der Waals surface area contributed by atoms with Gasteiger partial charge in [0.05, 0.1) is 0 Å². The number of hydrogen-bond donors (Lipinski definition) is 1. The van der Waals surface area contributed by atoms with E-state index in [1.165, 1.54) is 0 Å². The lowest BCUT2D eigenvalue weighted by molar-refractivity contribution is -0.132. The van der Waals surface area contributed by atoms with Crippen molar-refractivity contribution in [1.29, 1.82) is 0 Å². The molecule has 0 spiro atoms. The topological polar surface area (TPSA) is 55.8 Å². The molecule has 7 heteroatoms. The molecule has 0 aliphatic heterocycles. The molecule has 4 nitrogen and oxygen atoms in total. The summed E-state index contributed by atoms with van der Waals surface area (Å²) in [6.45, 7) is 12.5. The highest BCUT2D eigenvalue weighted by molar-refractivity contribution is 6.68. The summed E-state index contributed by atoms with van der Waals surface area (Å²) in [5.74, 6) is -0.835. The summed E-state index contributed by atoms with van der Waals surface area (Å²) in [5, 5.41) is 8.80. The normalized spacial score (nSPS) is 14.5. The first-order valence-electron chi connectivity index (χ1n) is 6.95. The van der Waals surface area contributed by atoms with E-state index in [1.54, 1.807) is 13.0 Å². The first-order chi connectivity index (χ1) is 8.73. The molecule has 0 rings (SSSR count). The molecule has 0 aliphatic carbocycles. The number of aliphatic carboxylic acids is 1. The standard InChI is InChI=1S/C12H28O4Si3/c1-10(12(13)14)8-7-9-11(2)19(15-17(3)4)16-18(5)6/h8,11,17-19H,7,9H2,1-6H3,(H,13,14). The van der Waals surface area contributed by atoms with Crippen molar-refractivity contribution in [3.8, 4) is 0 Å². The SMILES string of the molecule is CC(=CCCC(C)[SiH](O[SiH](C)C)O[SiH](C)C)C(=O)O. The van der Waals surface area contributed by atoms with Crippen LogP contribution in [0.2, 0.25) is 31.7 Å². The first-order valence-corrected chi connectivity index (χ1v) is 14.1. The van der Waals surface area contributed by atoms with Gasteiger partial charge in [0.1, 0.15) is 0 Å². The monoisotopic (exact) mass is 320 g/mol. The molecule has 112 valence electrons. The van der Waals surface area contributed by atoms with Crippen molar-refractivity contribution in [3.63, 3.8) is 0 Å². The molecule has 0 fully saturated rings. The van der Waals surface area contributed by atoms with Crippen LogP contribution in [0.4, 0.5) is 0 Å². The summed E-state index contributed by atoms with van der Waals surface area (Å²) in [6.07, 6.45) is 3.53. The van der Waals surface area contributed by atoms with Crippen LogP contribution in [0.15, 0.2) is 11.6 Å². The minimum atomic E-state index is -1.58. The number of rotatable bonds is 9. The summed E-state index contributed by atoms with van der Waals surface area (Å²) in [6, 6.07) is 0. The van der Waals surface area contributed by atoms with Gasteiger partial charge >= 0.3 is 15.3 Å². The van der Waals surface area contributed by atoms with Crippen molar-refractivity contribution in [2.24, 2.45) is 0 Å². The van der Waals surface area contributed by atoms with Crippen LogP contribution in [0.1, 0.15) is 26.7 Å². The minimum absolute atomic E-state index is 0.420. The molecule has 1 atom stereocenters. The molecule has 0 radical (unpaired) electrons. The van der Waals surface area contributed by atoms with Crippen LogP contribution in [0, 0.1) is 0 Å². The van der Waals surface area contributed by atoms with Crippen molar-refractivity contribution in [2.75, 3.05) is 0 Å². The molecule has 0 aromatic carbocycles. The zero-order chi connectivity index (χ0) is 15.0. The Kier molecular flexibility index (Phi) is 9.54. The molecule has 0 bridgehead atoms. The highest BCUT2D eigenvalue weighted by Crippen LogP contribution is 2.20. The second kappa shape index (κ2) is 9.65. The van der Waals surface area contributed by atoms with Gasteiger partial charge in [-0.2, -0.15) is 0 Å². The Balaban J connectivity index is 4.35. The summed E-state index contributed by atoms with van der Waals surface area (Å²) < 4.78 is 12.2. The highest BCUT2D eigenvalue weighted by atomic mass is 28.4. The van der Waals surface area contributed by atoms with Gasteiger partial charge in [0.2, 0.25) is 0 Å². The number of hydrogen-bond acceptors (Lipinski definition) is 3. The fraction of sp³-hybridized carbons (Fsp3) is 0.750. The Hall–Kier alpha value is -0.219. The summed E-state index contributed by atoms with van der Waals surface area (Å²) in [5.41, 5.74) is 0.853. The zero-order valence-corrected chi connectivity index (χ0v) is 16.4.